The summed E-state index contributed by atoms with van der Waals surface area (Å²) in [4.78, 5) is 25.6. The molecule has 102 valence electrons. The molecule has 0 saturated heterocycles. The number of benzene rings is 1. The first-order chi connectivity index (χ1) is 9.08. The van der Waals surface area contributed by atoms with Gasteiger partial charge in [-0.05, 0) is 37.5 Å². The maximum absolute atomic E-state index is 12.0. The molecule has 1 fully saturated rings. The highest BCUT2D eigenvalue weighted by molar-refractivity contribution is 5.93. The summed E-state index contributed by atoms with van der Waals surface area (Å²) in [6.07, 6.45) is 2.47. The van der Waals surface area contributed by atoms with Gasteiger partial charge in [-0.15, -0.1) is 0 Å². The van der Waals surface area contributed by atoms with Gasteiger partial charge in [0.1, 0.15) is 0 Å². The van der Waals surface area contributed by atoms with Gasteiger partial charge in [0, 0.05) is 26.2 Å². The zero-order valence-electron chi connectivity index (χ0n) is 11.4. The molecule has 1 saturated carbocycles. The topological polar surface area (TPSA) is 46.6 Å². The minimum atomic E-state index is -0.552. The Bertz CT molecular complexity index is 482. The SMILES string of the molecule is CN(C)c1cccc(C(=O)O[C@H]2CCCCC2=O)c1. The van der Waals surface area contributed by atoms with Crippen molar-refractivity contribution in [1.29, 1.82) is 0 Å². The molecule has 0 radical (unpaired) electrons. The lowest BCUT2D eigenvalue weighted by molar-refractivity contribution is -0.129. The molecule has 4 heteroatoms. The third kappa shape index (κ3) is 3.34. The van der Waals surface area contributed by atoms with E-state index in [-0.39, 0.29) is 5.78 Å². The van der Waals surface area contributed by atoms with E-state index in [9.17, 15) is 9.59 Å². The summed E-state index contributed by atoms with van der Waals surface area (Å²) >= 11 is 0. The van der Waals surface area contributed by atoms with Gasteiger partial charge < -0.3 is 9.64 Å². The molecule has 1 aliphatic carbocycles. The largest absolute Gasteiger partial charge is 0.451 e. The van der Waals surface area contributed by atoms with Crippen molar-refractivity contribution >= 4 is 17.4 Å². The van der Waals surface area contributed by atoms with Crippen LogP contribution in [-0.4, -0.2) is 32.0 Å². The molecule has 1 aromatic rings. The fraction of sp³-hybridized carbons (Fsp3) is 0.467. The molecule has 2 rings (SSSR count). The quantitative estimate of drug-likeness (QED) is 0.784. The lowest BCUT2D eigenvalue weighted by Gasteiger charge is -2.21. The molecule has 0 unspecified atom stereocenters. The smallest absolute Gasteiger partial charge is 0.338 e. The van der Waals surface area contributed by atoms with Gasteiger partial charge in [0.15, 0.2) is 11.9 Å². The second-order valence-corrected chi connectivity index (χ2v) is 5.05. The van der Waals surface area contributed by atoms with Crippen LogP contribution in [0.2, 0.25) is 0 Å². The van der Waals surface area contributed by atoms with E-state index < -0.39 is 12.1 Å². The Balaban J connectivity index is 2.07. The van der Waals surface area contributed by atoms with E-state index in [0.717, 1.165) is 18.5 Å². The number of ether oxygens (including phenoxy) is 1. The van der Waals surface area contributed by atoms with Crippen molar-refractivity contribution in [3.05, 3.63) is 29.8 Å². The van der Waals surface area contributed by atoms with E-state index >= 15 is 0 Å². The Morgan fingerprint density at radius 2 is 2.11 bits per heavy atom. The summed E-state index contributed by atoms with van der Waals surface area (Å²) in [5, 5.41) is 0. The Morgan fingerprint density at radius 3 is 2.79 bits per heavy atom. The molecule has 1 aliphatic rings. The van der Waals surface area contributed by atoms with Crippen LogP contribution in [0.4, 0.5) is 5.69 Å². The van der Waals surface area contributed by atoms with Crippen LogP contribution in [0.1, 0.15) is 36.0 Å². The predicted molar refractivity (Wildman–Crippen MR) is 73.4 cm³/mol. The third-order valence-electron chi connectivity index (χ3n) is 3.35. The zero-order valence-corrected chi connectivity index (χ0v) is 11.4. The molecule has 0 amide bonds. The van der Waals surface area contributed by atoms with Crippen LogP contribution in [0, 0.1) is 0 Å². The normalized spacial score (nSPS) is 19.1. The number of hydrogen-bond donors (Lipinski definition) is 0. The van der Waals surface area contributed by atoms with Gasteiger partial charge in [0.25, 0.3) is 0 Å². The number of carbonyl (C=O) groups excluding carboxylic acids is 2. The van der Waals surface area contributed by atoms with Gasteiger partial charge >= 0.3 is 5.97 Å². The van der Waals surface area contributed by atoms with E-state index in [0.29, 0.717) is 18.4 Å². The van der Waals surface area contributed by atoms with Crippen LogP contribution >= 0.6 is 0 Å². The first-order valence-electron chi connectivity index (χ1n) is 6.59. The van der Waals surface area contributed by atoms with Crippen molar-refractivity contribution in [2.24, 2.45) is 0 Å². The van der Waals surface area contributed by atoms with E-state index in [1.54, 1.807) is 12.1 Å². The van der Waals surface area contributed by atoms with Crippen molar-refractivity contribution < 1.29 is 14.3 Å². The van der Waals surface area contributed by atoms with Crippen molar-refractivity contribution in [2.75, 3.05) is 19.0 Å². The van der Waals surface area contributed by atoms with Crippen LogP contribution in [0.15, 0.2) is 24.3 Å². The van der Waals surface area contributed by atoms with Crippen molar-refractivity contribution in [3.8, 4) is 0 Å². The van der Waals surface area contributed by atoms with E-state index in [2.05, 4.69) is 0 Å². The maximum Gasteiger partial charge on any atom is 0.338 e. The van der Waals surface area contributed by atoms with E-state index in [4.69, 9.17) is 4.74 Å². The Labute approximate surface area is 113 Å². The highest BCUT2D eigenvalue weighted by Gasteiger charge is 2.26. The minimum Gasteiger partial charge on any atom is -0.451 e. The molecule has 0 heterocycles. The summed E-state index contributed by atoms with van der Waals surface area (Å²) in [7, 11) is 3.82. The average Bonchev–Trinajstić information content (AvgIpc) is 2.41. The van der Waals surface area contributed by atoms with Gasteiger partial charge in [0.05, 0.1) is 5.56 Å². The molecule has 4 nitrogen and oxygen atoms in total. The average molecular weight is 261 g/mol. The zero-order chi connectivity index (χ0) is 13.8. The van der Waals surface area contributed by atoms with Crippen molar-refractivity contribution in [1.82, 2.24) is 0 Å². The van der Waals surface area contributed by atoms with Gasteiger partial charge in [0.2, 0.25) is 0 Å². The monoisotopic (exact) mass is 261 g/mol. The lowest BCUT2D eigenvalue weighted by Crippen LogP contribution is -2.30. The number of ketones is 1. The van der Waals surface area contributed by atoms with Gasteiger partial charge in [-0.3, -0.25) is 4.79 Å². The van der Waals surface area contributed by atoms with Gasteiger partial charge in [-0.1, -0.05) is 6.07 Å². The Morgan fingerprint density at radius 1 is 1.32 bits per heavy atom. The summed E-state index contributed by atoms with van der Waals surface area (Å²) < 4.78 is 5.32. The van der Waals surface area contributed by atoms with E-state index in [1.807, 2.05) is 31.1 Å². The van der Waals surface area contributed by atoms with Crippen LogP contribution in [0.25, 0.3) is 0 Å². The van der Waals surface area contributed by atoms with Gasteiger partial charge in [-0.2, -0.15) is 0 Å². The van der Waals surface area contributed by atoms with Gasteiger partial charge in [-0.25, -0.2) is 4.79 Å². The lowest BCUT2D eigenvalue weighted by atomic mass is 9.96. The molecule has 1 aromatic carbocycles. The van der Waals surface area contributed by atoms with E-state index in [1.165, 1.54) is 0 Å². The van der Waals surface area contributed by atoms with Crippen molar-refractivity contribution in [3.63, 3.8) is 0 Å². The predicted octanol–water partition coefficient (Wildman–Crippen LogP) is 2.42. The summed E-state index contributed by atoms with van der Waals surface area (Å²) in [5.41, 5.74) is 1.42. The molecule has 0 aliphatic heterocycles. The van der Waals surface area contributed by atoms with Crippen LogP contribution < -0.4 is 4.90 Å². The number of carbonyl (C=O) groups is 2. The molecule has 0 aromatic heterocycles. The molecule has 19 heavy (non-hydrogen) atoms. The third-order valence-corrected chi connectivity index (χ3v) is 3.35. The van der Waals surface area contributed by atoms with Crippen LogP contribution in [0.5, 0.6) is 0 Å². The van der Waals surface area contributed by atoms with Crippen LogP contribution in [-0.2, 0) is 9.53 Å². The first kappa shape index (κ1) is 13.6. The fourth-order valence-electron chi connectivity index (χ4n) is 2.18. The maximum atomic E-state index is 12.0. The minimum absolute atomic E-state index is 0.0448. The molecular weight excluding hydrogens is 242 g/mol. The number of rotatable bonds is 3. The number of nitrogens with zero attached hydrogens (tertiary/aromatic N) is 1. The molecule has 1 atom stereocenters. The second-order valence-electron chi connectivity index (χ2n) is 5.05. The Hall–Kier alpha value is -1.84. The summed E-state index contributed by atoms with van der Waals surface area (Å²) in [5.74, 6) is -0.368. The fourth-order valence-corrected chi connectivity index (χ4v) is 2.18. The number of Topliss-reactive ketones (excluding diaryl/α,β-unsaturated/α-hetero) is 1. The highest BCUT2D eigenvalue weighted by Crippen LogP contribution is 2.20. The first-order valence-corrected chi connectivity index (χ1v) is 6.59. The highest BCUT2D eigenvalue weighted by atomic mass is 16.5. The molecule has 0 N–H and O–H groups in total. The number of esters is 1. The van der Waals surface area contributed by atoms with Crippen LogP contribution in [0.3, 0.4) is 0 Å². The molecule has 0 bridgehead atoms. The molecule has 0 spiro atoms. The number of anilines is 1. The van der Waals surface area contributed by atoms with Crippen molar-refractivity contribution in [2.45, 2.75) is 31.8 Å². The summed E-state index contributed by atoms with van der Waals surface area (Å²) in [6.45, 7) is 0. The second kappa shape index (κ2) is 5.87. The summed E-state index contributed by atoms with van der Waals surface area (Å²) in [6, 6.07) is 7.22. The standard InChI is InChI=1S/C15H19NO3/c1-16(2)12-7-5-6-11(10-12)15(18)19-14-9-4-3-8-13(14)17/h5-7,10,14H,3-4,8-9H2,1-2H3/t14-/m0/s1. The molecular formula is C15H19NO3. The Kier molecular flexibility index (Phi) is 4.20. The number of hydrogen-bond acceptors (Lipinski definition) is 4.